The van der Waals surface area contributed by atoms with Crippen LogP contribution in [-0.4, -0.2) is 22.7 Å². The minimum absolute atomic E-state index is 0.176. The molecule has 1 saturated heterocycles. The fraction of sp³-hybridized carbons (Fsp3) is 0.556. The van der Waals surface area contributed by atoms with E-state index in [2.05, 4.69) is 59.7 Å². The molecule has 1 fully saturated rings. The van der Waals surface area contributed by atoms with E-state index in [1.54, 1.807) is 0 Å². The molecule has 25 heavy (non-hydrogen) atoms. The van der Waals surface area contributed by atoms with Crippen molar-refractivity contribution in [3.8, 4) is 0 Å². The predicted molar refractivity (Wildman–Crippen MR) is 107 cm³/mol. The van der Waals surface area contributed by atoms with Gasteiger partial charge in [-0.1, -0.05) is 35.8 Å². The van der Waals surface area contributed by atoms with Gasteiger partial charge in [-0.2, -0.15) is 5.10 Å². The molecule has 1 unspecified atom stereocenters. The molecule has 1 aliphatic heterocycles. The van der Waals surface area contributed by atoms with Crippen molar-refractivity contribution < 1.29 is 0 Å². The first-order valence-electron chi connectivity index (χ1n) is 8.69. The Balaban J connectivity index is 2.23. The lowest BCUT2D eigenvalue weighted by molar-refractivity contribution is 0.277. The number of aryl methyl sites for hydroxylation is 1. The van der Waals surface area contributed by atoms with Gasteiger partial charge in [0.05, 0.1) is 5.52 Å². The minimum atomic E-state index is 0.176. The summed E-state index contributed by atoms with van der Waals surface area (Å²) in [5.74, 6) is 12.8. The maximum atomic E-state index is 6.36. The molecule has 7 heteroatoms. The van der Waals surface area contributed by atoms with E-state index in [1.165, 1.54) is 4.68 Å². The van der Waals surface area contributed by atoms with E-state index in [0.717, 1.165) is 53.9 Å². The zero-order valence-electron chi connectivity index (χ0n) is 15.4. The number of nitrogen functional groups attached to an aromatic ring is 1. The number of alkyl halides is 1. The summed E-state index contributed by atoms with van der Waals surface area (Å²) in [6.45, 7) is 10.6. The van der Waals surface area contributed by atoms with Gasteiger partial charge in [-0.25, -0.2) is 9.66 Å². The van der Waals surface area contributed by atoms with Gasteiger partial charge in [0.2, 0.25) is 5.95 Å². The second kappa shape index (κ2) is 6.52. The molecule has 136 valence electrons. The maximum absolute atomic E-state index is 6.36. The first kappa shape index (κ1) is 18.0. The molecule has 0 radical (unpaired) electrons. The zero-order valence-corrected chi connectivity index (χ0v) is 17.0. The van der Waals surface area contributed by atoms with E-state index >= 15 is 0 Å². The summed E-state index contributed by atoms with van der Waals surface area (Å²) in [6.07, 6.45) is 2.22. The molecule has 0 aliphatic carbocycles. The summed E-state index contributed by atoms with van der Waals surface area (Å²) in [7, 11) is 0. The third kappa shape index (κ3) is 3.34. The summed E-state index contributed by atoms with van der Waals surface area (Å²) in [6, 6.07) is 4.19. The van der Waals surface area contributed by atoms with Crippen molar-refractivity contribution in [2.75, 3.05) is 23.8 Å². The molecule has 4 N–H and O–H groups in total. The highest BCUT2D eigenvalue weighted by molar-refractivity contribution is 9.09. The van der Waals surface area contributed by atoms with Gasteiger partial charge in [-0.15, -0.1) is 0 Å². The number of rotatable bonds is 2. The van der Waals surface area contributed by atoms with Crippen molar-refractivity contribution in [1.82, 2.24) is 9.66 Å². The first-order valence-corrected chi connectivity index (χ1v) is 9.60. The van der Waals surface area contributed by atoms with E-state index in [0.29, 0.717) is 10.9 Å². The molecule has 0 amide bonds. The maximum Gasteiger partial charge on any atom is 0.226 e. The number of aromatic nitrogens is 2. The Kier molecular flexibility index (Phi) is 4.70. The number of benzene rings is 1. The molecule has 6 nitrogen and oxygen atoms in total. The molecule has 0 saturated carbocycles. The Hall–Kier alpha value is -1.76. The number of nitrogens with zero attached hydrogens (tertiary/aromatic N) is 4. The van der Waals surface area contributed by atoms with Crippen molar-refractivity contribution >= 4 is 32.8 Å². The molecule has 1 aromatic heterocycles. The highest BCUT2D eigenvalue weighted by Crippen LogP contribution is 2.33. The van der Waals surface area contributed by atoms with Crippen LogP contribution in [0.1, 0.15) is 49.6 Å². The number of nitrogens with two attached hydrogens (primary N) is 2. The van der Waals surface area contributed by atoms with Gasteiger partial charge < -0.3 is 16.6 Å². The minimum Gasteiger partial charge on any atom is -0.341 e. The van der Waals surface area contributed by atoms with Crippen LogP contribution in [0.5, 0.6) is 0 Å². The van der Waals surface area contributed by atoms with Crippen LogP contribution in [0.4, 0.5) is 5.95 Å². The van der Waals surface area contributed by atoms with Gasteiger partial charge in [0.1, 0.15) is 0 Å². The summed E-state index contributed by atoms with van der Waals surface area (Å²) in [5.41, 5.74) is 4.08. The van der Waals surface area contributed by atoms with E-state index in [-0.39, 0.29) is 4.83 Å². The number of hydrogen-bond acceptors (Lipinski definition) is 5. The Morgan fingerprint density at radius 3 is 2.48 bits per heavy atom. The van der Waals surface area contributed by atoms with Crippen LogP contribution in [0.2, 0.25) is 0 Å². The molecule has 3 rings (SSSR count). The number of piperidine rings is 1. The Morgan fingerprint density at radius 2 is 1.92 bits per heavy atom. The van der Waals surface area contributed by atoms with Crippen molar-refractivity contribution in [2.24, 2.45) is 16.4 Å². The van der Waals surface area contributed by atoms with Gasteiger partial charge in [0.25, 0.3) is 0 Å². The molecular formula is C18H27BrN6. The molecular weight excluding hydrogens is 380 g/mol. The van der Waals surface area contributed by atoms with Crippen LogP contribution < -0.4 is 22.1 Å². The van der Waals surface area contributed by atoms with Crippen molar-refractivity contribution in [3.63, 3.8) is 0 Å². The fourth-order valence-corrected chi connectivity index (χ4v) is 3.80. The van der Waals surface area contributed by atoms with Crippen molar-refractivity contribution in [3.05, 3.63) is 28.7 Å². The monoisotopic (exact) mass is 406 g/mol. The van der Waals surface area contributed by atoms with Gasteiger partial charge in [-0.05, 0) is 49.3 Å². The van der Waals surface area contributed by atoms with Crippen LogP contribution in [0.3, 0.4) is 0 Å². The Labute approximate surface area is 157 Å². The summed E-state index contributed by atoms with van der Waals surface area (Å²) in [4.78, 5) is 7.35. The molecule has 0 bridgehead atoms. The summed E-state index contributed by atoms with van der Waals surface area (Å²) in [5, 5.41) is 4.86. The second-order valence-corrected chi connectivity index (χ2v) is 9.13. The Bertz CT molecular complexity index is 858. The van der Waals surface area contributed by atoms with Gasteiger partial charge in [-0.3, -0.25) is 0 Å². The van der Waals surface area contributed by atoms with E-state index in [9.17, 15) is 0 Å². The fourth-order valence-electron chi connectivity index (χ4n) is 3.45. The molecule has 1 aliphatic rings. The second-order valence-electron chi connectivity index (χ2n) is 7.75. The largest absolute Gasteiger partial charge is 0.341 e. The summed E-state index contributed by atoms with van der Waals surface area (Å²) < 4.78 is 1.53. The normalized spacial score (nSPS) is 19.4. The van der Waals surface area contributed by atoms with Crippen molar-refractivity contribution in [1.29, 1.82) is 0 Å². The highest BCUT2D eigenvalue weighted by Gasteiger charge is 2.28. The van der Waals surface area contributed by atoms with Crippen molar-refractivity contribution in [2.45, 2.75) is 45.4 Å². The van der Waals surface area contributed by atoms with E-state index < -0.39 is 0 Å². The number of hydrogen-bond donors (Lipinski definition) is 2. The van der Waals surface area contributed by atoms with Crippen LogP contribution in [0, 0.1) is 12.3 Å². The van der Waals surface area contributed by atoms with E-state index in [4.69, 9.17) is 16.7 Å². The first-order chi connectivity index (χ1) is 11.7. The summed E-state index contributed by atoms with van der Waals surface area (Å²) >= 11 is 3.68. The van der Waals surface area contributed by atoms with Gasteiger partial charge in [0.15, 0.2) is 5.49 Å². The average Bonchev–Trinajstić information content (AvgIpc) is 2.54. The average molecular weight is 407 g/mol. The lowest BCUT2D eigenvalue weighted by Gasteiger charge is -2.37. The lowest BCUT2D eigenvalue weighted by Crippen LogP contribution is -2.43. The van der Waals surface area contributed by atoms with Gasteiger partial charge in [0, 0.05) is 23.3 Å². The molecule has 2 heterocycles. The molecule has 1 atom stereocenters. The predicted octanol–water partition coefficient (Wildman–Crippen LogP) is 2.92. The standard InChI is InChI=1S/C18H27BrN6/c1-11-9-13(12(2)19)15-14(10-11)16(23-20)25(21)17(22-15)24-7-5-18(3,4)6-8-24/h9-10,12H,5-8,20-21H2,1-4H3/b23-16-. The third-order valence-corrected chi connectivity index (χ3v) is 5.62. The third-order valence-electron chi connectivity index (χ3n) is 5.13. The topological polar surface area (TPSA) is 85.5 Å². The quantitative estimate of drug-likeness (QED) is 0.456. The number of fused-ring (bicyclic) bond motifs is 1. The van der Waals surface area contributed by atoms with Gasteiger partial charge >= 0.3 is 0 Å². The van der Waals surface area contributed by atoms with E-state index in [1.807, 2.05) is 6.07 Å². The number of anilines is 1. The van der Waals surface area contributed by atoms with Crippen LogP contribution in [0.25, 0.3) is 10.9 Å². The Morgan fingerprint density at radius 1 is 1.28 bits per heavy atom. The molecule has 1 aromatic carbocycles. The molecule has 2 aromatic rings. The van der Waals surface area contributed by atoms with Crippen LogP contribution in [-0.2, 0) is 0 Å². The zero-order chi connectivity index (χ0) is 18.4. The highest BCUT2D eigenvalue weighted by atomic mass is 79.9. The van der Waals surface area contributed by atoms with Crippen LogP contribution in [0.15, 0.2) is 17.2 Å². The SMILES string of the molecule is Cc1cc(C(C)Br)c2nc(N3CCC(C)(C)CC3)n(N)/c(=N\N)c2c1. The lowest BCUT2D eigenvalue weighted by atomic mass is 9.83. The van der Waals surface area contributed by atoms with Crippen LogP contribution >= 0.6 is 15.9 Å². The number of halogens is 1. The smallest absolute Gasteiger partial charge is 0.226 e. The molecule has 0 spiro atoms.